The summed E-state index contributed by atoms with van der Waals surface area (Å²) in [6, 6.07) is 13.0. The van der Waals surface area contributed by atoms with Crippen LogP contribution in [0.1, 0.15) is 45.1 Å². The van der Waals surface area contributed by atoms with Crippen molar-refractivity contribution in [2.75, 3.05) is 16.8 Å². The van der Waals surface area contributed by atoms with Gasteiger partial charge in [0, 0.05) is 24.3 Å². The van der Waals surface area contributed by atoms with Crippen LogP contribution in [0.2, 0.25) is 0 Å². The fourth-order valence-corrected chi connectivity index (χ4v) is 3.57. The van der Waals surface area contributed by atoms with E-state index < -0.39 is 29.7 Å². The van der Waals surface area contributed by atoms with Gasteiger partial charge >= 0.3 is 5.97 Å². The monoisotopic (exact) mass is 426 g/mol. The third-order valence-electron chi connectivity index (χ3n) is 5.60. The molecule has 1 aliphatic rings. The standard InChI is InChI=1S/C24H27FN2O4/c1-4-15(2)20-7-5-6-8-21(20)27-14-17(13-22(27)28)24(30)31-16(3)23(29)26-19-11-9-18(25)10-12-19/h5-12,15-17H,4,13-14H2,1-3H3,(H,26,29)/t15-,16-,17-/m0/s1. The molecular formula is C24H27FN2O4. The lowest BCUT2D eigenvalue weighted by atomic mass is 9.96. The number of para-hydroxylation sites is 1. The molecular weight excluding hydrogens is 399 g/mol. The van der Waals surface area contributed by atoms with Crippen LogP contribution in [0.4, 0.5) is 15.8 Å². The van der Waals surface area contributed by atoms with Crippen LogP contribution in [0, 0.1) is 11.7 Å². The number of esters is 1. The van der Waals surface area contributed by atoms with Gasteiger partial charge in [-0.25, -0.2) is 4.39 Å². The quantitative estimate of drug-likeness (QED) is 0.671. The van der Waals surface area contributed by atoms with Crippen LogP contribution in [0.15, 0.2) is 48.5 Å². The van der Waals surface area contributed by atoms with Crippen molar-refractivity contribution >= 4 is 29.2 Å². The summed E-state index contributed by atoms with van der Waals surface area (Å²) in [6.07, 6.45) is -0.0698. The van der Waals surface area contributed by atoms with E-state index in [0.717, 1.165) is 17.7 Å². The fourth-order valence-electron chi connectivity index (χ4n) is 3.57. The Hall–Kier alpha value is -3.22. The molecule has 0 unspecified atom stereocenters. The van der Waals surface area contributed by atoms with Gasteiger partial charge in [0.05, 0.1) is 5.92 Å². The van der Waals surface area contributed by atoms with E-state index >= 15 is 0 Å². The molecule has 164 valence electrons. The summed E-state index contributed by atoms with van der Waals surface area (Å²) < 4.78 is 18.3. The molecule has 0 aliphatic carbocycles. The van der Waals surface area contributed by atoms with Crippen LogP contribution in [0.5, 0.6) is 0 Å². The summed E-state index contributed by atoms with van der Waals surface area (Å²) in [5.74, 6) is -2.02. The summed E-state index contributed by atoms with van der Waals surface area (Å²) in [6.45, 7) is 5.87. The third-order valence-corrected chi connectivity index (χ3v) is 5.60. The van der Waals surface area contributed by atoms with Crippen molar-refractivity contribution in [2.24, 2.45) is 5.92 Å². The molecule has 0 spiro atoms. The van der Waals surface area contributed by atoms with Crippen molar-refractivity contribution < 1.29 is 23.5 Å². The number of carbonyl (C=O) groups is 3. The molecule has 6 nitrogen and oxygen atoms in total. The number of nitrogens with zero attached hydrogens (tertiary/aromatic N) is 1. The maximum atomic E-state index is 13.0. The number of nitrogens with one attached hydrogen (secondary N) is 1. The molecule has 0 bridgehead atoms. The first kappa shape index (κ1) is 22.5. The number of hydrogen-bond acceptors (Lipinski definition) is 4. The Morgan fingerprint density at radius 3 is 2.52 bits per heavy atom. The van der Waals surface area contributed by atoms with Crippen LogP contribution in [0.25, 0.3) is 0 Å². The fraction of sp³-hybridized carbons (Fsp3) is 0.375. The van der Waals surface area contributed by atoms with Crippen molar-refractivity contribution in [3.05, 3.63) is 59.9 Å². The summed E-state index contributed by atoms with van der Waals surface area (Å²) in [7, 11) is 0. The van der Waals surface area contributed by atoms with Crippen LogP contribution in [-0.2, 0) is 19.1 Å². The van der Waals surface area contributed by atoms with Gasteiger partial charge in [0.2, 0.25) is 5.91 Å². The van der Waals surface area contributed by atoms with Gasteiger partial charge in [0.15, 0.2) is 6.10 Å². The second-order valence-electron chi connectivity index (χ2n) is 7.85. The van der Waals surface area contributed by atoms with Gasteiger partial charge in [-0.3, -0.25) is 14.4 Å². The highest BCUT2D eigenvalue weighted by Crippen LogP contribution is 2.33. The lowest BCUT2D eigenvalue weighted by Gasteiger charge is -2.23. The first-order chi connectivity index (χ1) is 14.8. The zero-order valence-corrected chi connectivity index (χ0v) is 17.9. The molecule has 0 saturated carbocycles. The van der Waals surface area contributed by atoms with Crippen molar-refractivity contribution in [3.63, 3.8) is 0 Å². The van der Waals surface area contributed by atoms with E-state index in [1.165, 1.54) is 31.2 Å². The molecule has 1 N–H and O–H groups in total. The predicted octanol–water partition coefficient (Wildman–Crippen LogP) is 4.26. The topological polar surface area (TPSA) is 75.7 Å². The Morgan fingerprint density at radius 1 is 1.16 bits per heavy atom. The summed E-state index contributed by atoms with van der Waals surface area (Å²) >= 11 is 0. The zero-order valence-electron chi connectivity index (χ0n) is 17.9. The molecule has 0 radical (unpaired) electrons. The van der Waals surface area contributed by atoms with E-state index in [1.54, 1.807) is 4.90 Å². The van der Waals surface area contributed by atoms with Crippen molar-refractivity contribution in [2.45, 2.75) is 45.6 Å². The van der Waals surface area contributed by atoms with E-state index in [2.05, 4.69) is 19.2 Å². The lowest BCUT2D eigenvalue weighted by molar-refractivity contribution is -0.157. The molecule has 3 atom stereocenters. The van der Waals surface area contributed by atoms with Crippen LogP contribution >= 0.6 is 0 Å². The average Bonchev–Trinajstić information content (AvgIpc) is 3.16. The van der Waals surface area contributed by atoms with Gasteiger partial charge in [-0.15, -0.1) is 0 Å². The highest BCUT2D eigenvalue weighted by Gasteiger charge is 2.38. The normalized spacial score (nSPS) is 17.9. The Morgan fingerprint density at radius 2 is 1.84 bits per heavy atom. The molecule has 1 aliphatic heterocycles. The van der Waals surface area contributed by atoms with Crippen LogP contribution < -0.4 is 10.2 Å². The molecule has 3 rings (SSSR count). The van der Waals surface area contributed by atoms with Crippen molar-refractivity contribution in [3.8, 4) is 0 Å². The minimum absolute atomic E-state index is 0.0416. The Kier molecular flexibility index (Phi) is 7.05. The summed E-state index contributed by atoms with van der Waals surface area (Å²) in [5.41, 5.74) is 2.29. The van der Waals surface area contributed by atoms with Crippen LogP contribution in [-0.4, -0.2) is 30.4 Å². The summed E-state index contributed by atoms with van der Waals surface area (Å²) in [5, 5.41) is 2.57. The van der Waals surface area contributed by atoms with E-state index in [-0.39, 0.29) is 24.8 Å². The second kappa shape index (κ2) is 9.73. The largest absolute Gasteiger partial charge is 0.452 e. The highest BCUT2D eigenvalue weighted by atomic mass is 19.1. The molecule has 31 heavy (non-hydrogen) atoms. The van der Waals surface area contributed by atoms with E-state index in [9.17, 15) is 18.8 Å². The van der Waals surface area contributed by atoms with Gasteiger partial charge in [0.25, 0.3) is 5.91 Å². The molecule has 1 heterocycles. The maximum absolute atomic E-state index is 13.0. The molecule has 2 aromatic rings. The Bertz CT molecular complexity index is 960. The Labute approximate surface area is 181 Å². The first-order valence-electron chi connectivity index (χ1n) is 10.5. The highest BCUT2D eigenvalue weighted by molar-refractivity contribution is 6.01. The molecule has 7 heteroatoms. The number of anilines is 2. The van der Waals surface area contributed by atoms with Gasteiger partial charge < -0.3 is 15.0 Å². The molecule has 2 amide bonds. The van der Waals surface area contributed by atoms with Gasteiger partial charge in [-0.2, -0.15) is 0 Å². The lowest BCUT2D eigenvalue weighted by Crippen LogP contribution is -2.33. The first-order valence-corrected chi connectivity index (χ1v) is 10.5. The molecule has 2 aromatic carbocycles. The number of carbonyl (C=O) groups excluding carboxylic acids is 3. The zero-order chi connectivity index (χ0) is 22.5. The molecule has 0 aromatic heterocycles. The van der Waals surface area contributed by atoms with Gasteiger partial charge in [-0.05, 0) is 55.2 Å². The van der Waals surface area contributed by atoms with Crippen molar-refractivity contribution in [1.29, 1.82) is 0 Å². The maximum Gasteiger partial charge on any atom is 0.312 e. The molecule has 1 fully saturated rings. The molecule has 1 saturated heterocycles. The number of benzene rings is 2. The minimum Gasteiger partial charge on any atom is -0.452 e. The number of rotatable bonds is 7. The predicted molar refractivity (Wildman–Crippen MR) is 116 cm³/mol. The van der Waals surface area contributed by atoms with E-state index in [0.29, 0.717) is 5.69 Å². The number of hydrogen-bond donors (Lipinski definition) is 1. The second-order valence-corrected chi connectivity index (χ2v) is 7.85. The van der Waals surface area contributed by atoms with Gasteiger partial charge in [0.1, 0.15) is 5.82 Å². The average molecular weight is 426 g/mol. The number of amides is 2. The van der Waals surface area contributed by atoms with Gasteiger partial charge in [-0.1, -0.05) is 32.0 Å². The smallest absolute Gasteiger partial charge is 0.312 e. The number of ether oxygens (including phenoxy) is 1. The number of halogens is 1. The van der Waals surface area contributed by atoms with E-state index in [1.807, 2.05) is 24.3 Å². The summed E-state index contributed by atoms with van der Waals surface area (Å²) in [4.78, 5) is 39.2. The minimum atomic E-state index is -1.05. The SMILES string of the molecule is CC[C@H](C)c1ccccc1N1C[C@@H](C(=O)O[C@@H](C)C(=O)Nc2ccc(F)cc2)CC1=O. The van der Waals surface area contributed by atoms with Crippen LogP contribution in [0.3, 0.4) is 0 Å². The Balaban J connectivity index is 1.62. The van der Waals surface area contributed by atoms with E-state index in [4.69, 9.17) is 4.74 Å². The van der Waals surface area contributed by atoms with Crippen molar-refractivity contribution in [1.82, 2.24) is 0 Å². The third kappa shape index (κ3) is 5.29.